The van der Waals surface area contributed by atoms with Gasteiger partial charge in [0, 0.05) is 28.3 Å². The van der Waals surface area contributed by atoms with E-state index in [-0.39, 0.29) is 12.1 Å². The third-order valence-electron chi connectivity index (χ3n) is 1.56. The van der Waals surface area contributed by atoms with Gasteiger partial charge in [-0.25, -0.2) is 0 Å². The Morgan fingerprint density at radius 1 is 1.31 bits per heavy atom. The predicted molar refractivity (Wildman–Crippen MR) is 57.2 cm³/mol. The van der Waals surface area contributed by atoms with Gasteiger partial charge in [-0.05, 0) is 27.2 Å². The number of hydrogen-bond donors (Lipinski definition) is 1. The second kappa shape index (κ2) is 7.47. The highest BCUT2D eigenvalue weighted by molar-refractivity contribution is 7.84. The maximum Gasteiger partial charge on any atom is 0.0585 e. The van der Waals surface area contributed by atoms with Crippen LogP contribution in [-0.4, -0.2) is 34.5 Å². The summed E-state index contributed by atoms with van der Waals surface area (Å²) in [7, 11) is -0.762. The number of hydrogen-bond acceptors (Lipinski definition) is 3. The van der Waals surface area contributed by atoms with E-state index in [1.165, 1.54) is 0 Å². The summed E-state index contributed by atoms with van der Waals surface area (Å²) < 4.78 is 16.6. The summed E-state index contributed by atoms with van der Waals surface area (Å²) in [6, 6.07) is 0.148. The fourth-order valence-electron chi connectivity index (χ4n) is 0.796. The standard InChI is InChI=1S/C9H21NO2S/c1-8(2)12-5-7-13(11)6-4-9(3)10/h8-9H,4-7,10H2,1-3H3. The summed E-state index contributed by atoms with van der Waals surface area (Å²) in [5, 5.41) is 0. The van der Waals surface area contributed by atoms with Crippen LogP contribution in [0, 0.1) is 0 Å². The summed E-state index contributed by atoms with van der Waals surface area (Å²) in [6.07, 6.45) is 1.05. The summed E-state index contributed by atoms with van der Waals surface area (Å²) >= 11 is 0. The first-order valence-corrected chi connectivity index (χ1v) is 6.23. The minimum absolute atomic E-state index is 0.148. The van der Waals surface area contributed by atoms with Crippen LogP contribution in [0.2, 0.25) is 0 Å². The molecule has 0 aliphatic rings. The molecule has 4 heteroatoms. The lowest BCUT2D eigenvalue weighted by Gasteiger charge is -2.07. The van der Waals surface area contributed by atoms with Gasteiger partial charge in [-0.1, -0.05) is 0 Å². The zero-order valence-corrected chi connectivity index (χ0v) is 9.60. The van der Waals surface area contributed by atoms with Crippen molar-refractivity contribution in [2.75, 3.05) is 18.1 Å². The van der Waals surface area contributed by atoms with E-state index in [2.05, 4.69) is 0 Å². The smallest absolute Gasteiger partial charge is 0.0585 e. The van der Waals surface area contributed by atoms with Crippen molar-refractivity contribution in [1.29, 1.82) is 0 Å². The maximum atomic E-state index is 11.3. The van der Waals surface area contributed by atoms with Gasteiger partial charge in [0.05, 0.1) is 12.7 Å². The Kier molecular flexibility index (Phi) is 7.51. The molecule has 0 saturated heterocycles. The fraction of sp³-hybridized carbons (Fsp3) is 1.00. The zero-order valence-electron chi connectivity index (χ0n) is 8.79. The lowest BCUT2D eigenvalue weighted by molar-refractivity contribution is 0.0916. The number of nitrogens with two attached hydrogens (primary N) is 1. The molecule has 0 spiro atoms. The molecule has 0 aromatic carbocycles. The highest BCUT2D eigenvalue weighted by Crippen LogP contribution is 1.94. The average Bonchev–Trinajstić information content (AvgIpc) is 2.00. The van der Waals surface area contributed by atoms with Crippen LogP contribution < -0.4 is 5.73 Å². The van der Waals surface area contributed by atoms with Gasteiger partial charge in [-0.2, -0.15) is 0 Å². The Hall–Kier alpha value is 0.0700. The van der Waals surface area contributed by atoms with Crippen molar-refractivity contribution < 1.29 is 8.95 Å². The molecule has 80 valence electrons. The van der Waals surface area contributed by atoms with Crippen molar-refractivity contribution in [3.8, 4) is 0 Å². The van der Waals surface area contributed by atoms with Crippen molar-refractivity contribution in [1.82, 2.24) is 0 Å². The quantitative estimate of drug-likeness (QED) is 0.675. The van der Waals surface area contributed by atoms with E-state index in [0.717, 1.165) is 6.42 Å². The first kappa shape index (κ1) is 13.1. The third kappa shape index (κ3) is 9.99. The largest absolute Gasteiger partial charge is 0.378 e. The topological polar surface area (TPSA) is 52.3 Å². The van der Waals surface area contributed by atoms with E-state index >= 15 is 0 Å². The molecular weight excluding hydrogens is 186 g/mol. The van der Waals surface area contributed by atoms with Crippen LogP contribution in [0.4, 0.5) is 0 Å². The molecule has 0 heterocycles. The minimum atomic E-state index is -0.762. The van der Waals surface area contributed by atoms with Crippen LogP contribution in [0.15, 0.2) is 0 Å². The Balaban J connectivity index is 3.30. The van der Waals surface area contributed by atoms with Crippen LogP contribution in [0.5, 0.6) is 0 Å². The highest BCUT2D eigenvalue weighted by Gasteiger charge is 2.02. The lowest BCUT2D eigenvalue weighted by atomic mass is 10.3. The average molecular weight is 207 g/mol. The van der Waals surface area contributed by atoms with Crippen molar-refractivity contribution in [2.24, 2.45) is 5.73 Å². The van der Waals surface area contributed by atoms with E-state index in [4.69, 9.17) is 10.5 Å². The van der Waals surface area contributed by atoms with Gasteiger partial charge in [0.1, 0.15) is 0 Å². The fourth-order valence-corrected chi connectivity index (χ4v) is 1.92. The SMILES string of the molecule is CC(N)CCS(=O)CCOC(C)C. The highest BCUT2D eigenvalue weighted by atomic mass is 32.2. The molecule has 0 aromatic heterocycles. The Labute approximate surface area is 83.5 Å². The molecular formula is C9H21NO2S. The maximum absolute atomic E-state index is 11.3. The van der Waals surface area contributed by atoms with E-state index in [0.29, 0.717) is 18.1 Å². The van der Waals surface area contributed by atoms with E-state index in [1.807, 2.05) is 20.8 Å². The molecule has 2 atom stereocenters. The van der Waals surface area contributed by atoms with Crippen molar-refractivity contribution in [3.63, 3.8) is 0 Å². The molecule has 0 rings (SSSR count). The molecule has 0 bridgehead atoms. The van der Waals surface area contributed by atoms with Crippen LogP contribution in [0.25, 0.3) is 0 Å². The minimum Gasteiger partial charge on any atom is -0.378 e. The second-order valence-electron chi connectivity index (χ2n) is 3.53. The van der Waals surface area contributed by atoms with Crippen molar-refractivity contribution in [3.05, 3.63) is 0 Å². The number of ether oxygens (including phenoxy) is 1. The Bertz CT molecular complexity index is 149. The first-order chi connectivity index (χ1) is 6.02. The van der Waals surface area contributed by atoms with Gasteiger partial charge in [-0.15, -0.1) is 0 Å². The van der Waals surface area contributed by atoms with Crippen LogP contribution in [-0.2, 0) is 15.5 Å². The van der Waals surface area contributed by atoms with Crippen molar-refractivity contribution >= 4 is 10.8 Å². The van der Waals surface area contributed by atoms with Crippen LogP contribution >= 0.6 is 0 Å². The van der Waals surface area contributed by atoms with Crippen molar-refractivity contribution in [2.45, 2.75) is 39.3 Å². The normalized spacial score (nSPS) is 16.1. The summed E-state index contributed by atoms with van der Waals surface area (Å²) in [6.45, 7) is 6.47. The summed E-state index contributed by atoms with van der Waals surface area (Å²) in [4.78, 5) is 0. The predicted octanol–water partition coefficient (Wildman–Crippen LogP) is 0.897. The lowest BCUT2D eigenvalue weighted by Crippen LogP contribution is -2.20. The van der Waals surface area contributed by atoms with Gasteiger partial charge in [0.15, 0.2) is 0 Å². The Morgan fingerprint density at radius 2 is 1.92 bits per heavy atom. The van der Waals surface area contributed by atoms with Gasteiger partial charge in [0.25, 0.3) is 0 Å². The first-order valence-electron chi connectivity index (χ1n) is 4.74. The van der Waals surface area contributed by atoms with E-state index < -0.39 is 10.8 Å². The van der Waals surface area contributed by atoms with E-state index in [9.17, 15) is 4.21 Å². The monoisotopic (exact) mass is 207 g/mol. The molecule has 0 aliphatic heterocycles. The molecule has 0 radical (unpaired) electrons. The van der Waals surface area contributed by atoms with Crippen LogP contribution in [0.3, 0.4) is 0 Å². The third-order valence-corrected chi connectivity index (χ3v) is 2.88. The molecule has 2 unspecified atom stereocenters. The van der Waals surface area contributed by atoms with Gasteiger partial charge >= 0.3 is 0 Å². The van der Waals surface area contributed by atoms with Crippen LogP contribution in [0.1, 0.15) is 27.2 Å². The molecule has 13 heavy (non-hydrogen) atoms. The summed E-state index contributed by atoms with van der Waals surface area (Å²) in [5.74, 6) is 1.32. The van der Waals surface area contributed by atoms with Gasteiger partial charge in [-0.3, -0.25) is 4.21 Å². The molecule has 0 amide bonds. The molecule has 0 aromatic rings. The molecule has 0 aliphatic carbocycles. The zero-order chi connectivity index (χ0) is 10.3. The molecule has 0 saturated carbocycles. The molecule has 2 N–H and O–H groups in total. The van der Waals surface area contributed by atoms with E-state index in [1.54, 1.807) is 0 Å². The Morgan fingerprint density at radius 3 is 2.38 bits per heavy atom. The number of rotatable bonds is 7. The summed E-state index contributed by atoms with van der Waals surface area (Å²) in [5.41, 5.74) is 5.55. The second-order valence-corrected chi connectivity index (χ2v) is 5.23. The molecule has 0 fully saturated rings. The van der Waals surface area contributed by atoms with Gasteiger partial charge < -0.3 is 10.5 Å². The van der Waals surface area contributed by atoms with Gasteiger partial charge in [0.2, 0.25) is 0 Å². The molecule has 3 nitrogen and oxygen atoms in total.